The van der Waals surface area contributed by atoms with Gasteiger partial charge in [0, 0.05) is 18.1 Å². The van der Waals surface area contributed by atoms with Crippen LogP contribution in [0.5, 0.6) is 0 Å². The van der Waals surface area contributed by atoms with Gasteiger partial charge in [0.15, 0.2) is 0 Å². The second-order valence-electron chi connectivity index (χ2n) is 5.48. The normalized spacial score (nSPS) is 17.0. The maximum absolute atomic E-state index is 6.29. The number of halogens is 1. The van der Waals surface area contributed by atoms with E-state index in [0.29, 0.717) is 12.5 Å². The van der Waals surface area contributed by atoms with Crippen molar-refractivity contribution in [3.8, 4) is 0 Å². The maximum atomic E-state index is 6.29. The summed E-state index contributed by atoms with van der Waals surface area (Å²) in [7, 11) is 0. The largest absolute Gasteiger partial charge is 0.294 e. The fourth-order valence-corrected chi connectivity index (χ4v) is 3.13. The number of piperidine rings is 1. The summed E-state index contributed by atoms with van der Waals surface area (Å²) in [5.74, 6) is 0.551. The van der Waals surface area contributed by atoms with Gasteiger partial charge in [-0.05, 0) is 36.0 Å². The molecule has 0 atom stereocenters. The minimum absolute atomic E-state index is 0.551. The minimum atomic E-state index is 0.551. The van der Waals surface area contributed by atoms with Crippen LogP contribution in [0.2, 0.25) is 5.02 Å². The molecule has 0 N–H and O–H groups in total. The Labute approximate surface area is 131 Å². The van der Waals surface area contributed by atoms with E-state index in [1.807, 2.05) is 30.3 Å². The molecule has 1 aliphatic heterocycles. The number of hydrogen-bond acceptors (Lipinski definition) is 2. The van der Waals surface area contributed by atoms with Gasteiger partial charge in [0.2, 0.25) is 0 Å². The Kier molecular flexibility index (Phi) is 4.91. The predicted molar refractivity (Wildman–Crippen MR) is 86.2 cm³/mol. The van der Waals surface area contributed by atoms with Crippen LogP contribution in [0, 0.1) is 0 Å². The monoisotopic (exact) mass is 301 g/mol. The predicted octanol–water partition coefficient (Wildman–Crippen LogP) is 4.65. The van der Waals surface area contributed by atoms with E-state index in [-0.39, 0.29) is 0 Å². The van der Waals surface area contributed by atoms with Crippen LogP contribution in [0.4, 0.5) is 0 Å². The first-order valence-electron chi connectivity index (χ1n) is 7.49. The van der Waals surface area contributed by atoms with Crippen LogP contribution in [-0.4, -0.2) is 18.2 Å². The third-order valence-electron chi connectivity index (χ3n) is 4.06. The highest BCUT2D eigenvalue weighted by Crippen LogP contribution is 2.32. The summed E-state index contributed by atoms with van der Waals surface area (Å²) in [6.07, 6.45) is 2.19. The summed E-state index contributed by atoms with van der Waals surface area (Å²) >= 11 is 6.29. The molecule has 0 aliphatic carbocycles. The summed E-state index contributed by atoms with van der Waals surface area (Å²) in [5, 5.41) is 2.97. The molecule has 0 bridgehead atoms. The zero-order valence-electron chi connectivity index (χ0n) is 12.0. The lowest BCUT2D eigenvalue weighted by molar-refractivity contribution is -0.180. The van der Waals surface area contributed by atoms with Gasteiger partial charge in [-0.2, -0.15) is 5.06 Å². The van der Waals surface area contributed by atoms with E-state index in [1.165, 1.54) is 11.1 Å². The molecule has 0 amide bonds. The van der Waals surface area contributed by atoms with Gasteiger partial charge in [-0.25, -0.2) is 0 Å². The summed E-state index contributed by atoms with van der Waals surface area (Å²) in [6.45, 7) is 2.57. The lowest BCUT2D eigenvalue weighted by atomic mass is 9.90. The lowest BCUT2D eigenvalue weighted by Crippen LogP contribution is -2.33. The first-order valence-corrected chi connectivity index (χ1v) is 7.87. The highest BCUT2D eigenvalue weighted by molar-refractivity contribution is 6.31. The lowest BCUT2D eigenvalue weighted by Gasteiger charge is -2.31. The summed E-state index contributed by atoms with van der Waals surface area (Å²) in [4.78, 5) is 5.88. The molecule has 3 rings (SSSR count). The van der Waals surface area contributed by atoms with Crippen molar-refractivity contribution < 1.29 is 4.84 Å². The van der Waals surface area contributed by atoms with Crippen molar-refractivity contribution in [2.45, 2.75) is 25.4 Å². The van der Waals surface area contributed by atoms with Crippen LogP contribution in [-0.2, 0) is 11.4 Å². The standard InChI is InChI=1S/C18H20ClNO/c19-18-9-5-4-8-17(18)16-10-12-20(13-11-16)21-14-15-6-2-1-3-7-15/h1-9,16H,10-14H2. The van der Waals surface area contributed by atoms with Crippen molar-refractivity contribution in [1.82, 2.24) is 5.06 Å². The Balaban J connectivity index is 1.50. The molecule has 0 saturated carbocycles. The first kappa shape index (κ1) is 14.6. The van der Waals surface area contributed by atoms with E-state index >= 15 is 0 Å². The molecule has 0 aromatic heterocycles. The molecule has 2 nitrogen and oxygen atoms in total. The van der Waals surface area contributed by atoms with Gasteiger partial charge >= 0.3 is 0 Å². The summed E-state index contributed by atoms with van der Waals surface area (Å²) < 4.78 is 0. The van der Waals surface area contributed by atoms with Gasteiger partial charge < -0.3 is 0 Å². The first-order chi connectivity index (χ1) is 10.3. The number of benzene rings is 2. The fourth-order valence-electron chi connectivity index (χ4n) is 2.84. The molecule has 21 heavy (non-hydrogen) atoms. The molecule has 0 unspecified atom stereocenters. The van der Waals surface area contributed by atoms with E-state index in [2.05, 4.69) is 29.3 Å². The van der Waals surface area contributed by atoms with Crippen LogP contribution in [0.15, 0.2) is 54.6 Å². The third-order valence-corrected chi connectivity index (χ3v) is 4.40. The number of hydroxylamine groups is 2. The van der Waals surface area contributed by atoms with Gasteiger partial charge in [0.25, 0.3) is 0 Å². The van der Waals surface area contributed by atoms with Crippen LogP contribution in [0.1, 0.15) is 29.9 Å². The summed E-state index contributed by atoms with van der Waals surface area (Å²) in [5.41, 5.74) is 2.49. The molecular formula is C18H20ClNO. The Morgan fingerprint density at radius 3 is 2.33 bits per heavy atom. The van der Waals surface area contributed by atoms with Crippen molar-refractivity contribution in [2.24, 2.45) is 0 Å². The molecule has 1 heterocycles. The Bertz CT molecular complexity index is 564. The number of nitrogens with zero attached hydrogens (tertiary/aromatic N) is 1. The smallest absolute Gasteiger partial charge is 0.0935 e. The summed E-state index contributed by atoms with van der Waals surface area (Å²) in [6, 6.07) is 18.5. The fraction of sp³-hybridized carbons (Fsp3) is 0.333. The maximum Gasteiger partial charge on any atom is 0.0935 e. The van der Waals surface area contributed by atoms with Crippen LogP contribution >= 0.6 is 11.6 Å². The van der Waals surface area contributed by atoms with Gasteiger partial charge in [0.05, 0.1) is 6.61 Å². The van der Waals surface area contributed by atoms with E-state index in [1.54, 1.807) is 0 Å². The topological polar surface area (TPSA) is 12.5 Å². The van der Waals surface area contributed by atoms with Gasteiger partial charge in [0.1, 0.15) is 0 Å². The Hall–Kier alpha value is -1.35. The van der Waals surface area contributed by atoms with Crippen molar-refractivity contribution in [2.75, 3.05) is 13.1 Å². The van der Waals surface area contributed by atoms with E-state index < -0.39 is 0 Å². The molecule has 1 fully saturated rings. The number of hydrogen-bond donors (Lipinski definition) is 0. The zero-order valence-corrected chi connectivity index (χ0v) is 12.8. The average Bonchev–Trinajstić information content (AvgIpc) is 2.55. The Morgan fingerprint density at radius 2 is 1.62 bits per heavy atom. The molecule has 0 radical (unpaired) electrons. The van der Waals surface area contributed by atoms with Crippen molar-refractivity contribution in [3.63, 3.8) is 0 Å². The zero-order chi connectivity index (χ0) is 14.5. The molecular weight excluding hydrogens is 282 g/mol. The second-order valence-corrected chi connectivity index (χ2v) is 5.89. The van der Waals surface area contributed by atoms with E-state index in [0.717, 1.165) is 31.0 Å². The van der Waals surface area contributed by atoms with Crippen LogP contribution < -0.4 is 0 Å². The van der Waals surface area contributed by atoms with Crippen LogP contribution in [0.3, 0.4) is 0 Å². The molecule has 1 aliphatic rings. The van der Waals surface area contributed by atoms with Gasteiger partial charge in [-0.15, -0.1) is 0 Å². The molecule has 110 valence electrons. The molecule has 2 aromatic carbocycles. The quantitative estimate of drug-likeness (QED) is 0.815. The molecule has 2 aromatic rings. The second kappa shape index (κ2) is 7.08. The SMILES string of the molecule is Clc1ccccc1C1CCN(OCc2ccccc2)CC1. The molecule has 3 heteroatoms. The highest BCUT2D eigenvalue weighted by atomic mass is 35.5. The third kappa shape index (κ3) is 3.85. The van der Waals surface area contributed by atoms with Crippen LogP contribution in [0.25, 0.3) is 0 Å². The van der Waals surface area contributed by atoms with Crippen molar-refractivity contribution in [3.05, 3.63) is 70.7 Å². The highest BCUT2D eigenvalue weighted by Gasteiger charge is 2.22. The molecule has 1 saturated heterocycles. The average molecular weight is 302 g/mol. The number of rotatable bonds is 4. The minimum Gasteiger partial charge on any atom is -0.294 e. The molecule has 0 spiro atoms. The van der Waals surface area contributed by atoms with Gasteiger partial charge in [-0.3, -0.25) is 4.84 Å². The van der Waals surface area contributed by atoms with Gasteiger partial charge in [-0.1, -0.05) is 60.1 Å². The van der Waals surface area contributed by atoms with E-state index in [9.17, 15) is 0 Å². The Morgan fingerprint density at radius 1 is 0.952 bits per heavy atom. The van der Waals surface area contributed by atoms with E-state index in [4.69, 9.17) is 16.4 Å². The van der Waals surface area contributed by atoms with Crippen molar-refractivity contribution in [1.29, 1.82) is 0 Å². The van der Waals surface area contributed by atoms with Crippen molar-refractivity contribution >= 4 is 11.6 Å².